The maximum atomic E-state index is 12.1. The molecule has 0 aromatic heterocycles. The predicted molar refractivity (Wildman–Crippen MR) is 90.6 cm³/mol. The highest BCUT2D eigenvalue weighted by atomic mass is 16.5. The highest BCUT2D eigenvalue weighted by molar-refractivity contribution is 6.03. The van der Waals surface area contributed by atoms with E-state index in [2.05, 4.69) is 18.2 Å². The molecule has 110 valence electrons. The molecular weight excluding hydrogens is 272 g/mol. The number of hydrogen-bond donors (Lipinski definition) is 0. The Morgan fingerprint density at radius 3 is 2.45 bits per heavy atom. The summed E-state index contributed by atoms with van der Waals surface area (Å²) in [5, 5.41) is 2.26. The molecule has 0 aliphatic rings. The molecule has 0 amide bonds. The van der Waals surface area contributed by atoms with E-state index in [-0.39, 0.29) is 5.78 Å². The van der Waals surface area contributed by atoms with Crippen molar-refractivity contribution in [3.8, 4) is 16.9 Å². The molecule has 0 heterocycles. The van der Waals surface area contributed by atoms with Crippen molar-refractivity contribution in [2.75, 3.05) is 7.11 Å². The summed E-state index contributed by atoms with van der Waals surface area (Å²) < 4.78 is 5.26. The molecule has 3 aromatic rings. The number of Topliss-reactive ketones (excluding diaryl/α,β-unsaturated/α-hetero) is 1. The van der Waals surface area contributed by atoms with Crippen LogP contribution in [0.5, 0.6) is 5.75 Å². The van der Waals surface area contributed by atoms with E-state index in [4.69, 9.17) is 4.74 Å². The smallest absolute Gasteiger partial charge is 0.163 e. The van der Waals surface area contributed by atoms with Crippen LogP contribution in [0.4, 0.5) is 0 Å². The van der Waals surface area contributed by atoms with Crippen LogP contribution in [-0.4, -0.2) is 12.9 Å². The van der Waals surface area contributed by atoms with Crippen molar-refractivity contribution in [3.05, 3.63) is 66.2 Å². The highest BCUT2D eigenvalue weighted by Gasteiger charge is 2.11. The summed E-state index contributed by atoms with van der Waals surface area (Å²) >= 11 is 0. The van der Waals surface area contributed by atoms with Crippen LogP contribution >= 0.6 is 0 Å². The zero-order valence-corrected chi connectivity index (χ0v) is 12.8. The molecule has 3 rings (SSSR count). The molecule has 22 heavy (non-hydrogen) atoms. The Hall–Kier alpha value is -2.61. The lowest BCUT2D eigenvalue weighted by Gasteiger charge is -2.10. The molecule has 0 unspecified atom stereocenters. The van der Waals surface area contributed by atoms with E-state index in [1.54, 1.807) is 7.11 Å². The van der Waals surface area contributed by atoms with Gasteiger partial charge in [-0.25, -0.2) is 0 Å². The molecule has 0 saturated carbocycles. The number of carbonyl (C=O) groups is 1. The molecule has 0 spiro atoms. The van der Waals surface area contributed by atoms with Gasteiger partial charge in [-0.2, -0.15) is 0 Å². The lowest BCUT2D eigenvalue weighted by molar-refractivity contribution is 0.0989. The first-order valence-electron chi connectivity index (χ1n) is 7.43. The van der Waals surface area contributed by atoms with E-state index in [0.29, 0.717) is 6.42 Å². The topological polar surface area (TPSA) is 26.3 Å². The van der Waals surface area contributed by atoms with Crippen LogP contribution < -0.4 is 4.74 Å². The van der Waals surface area contributed by atoms with E-state index in [1.165, 1.54) is 0 Å². The summed E-state index contributed by atoms with van der Waals surface area (Å²) in [5.74, 6) is 1.02. The first kappa shape index (κ1) is 14.3. The molecule has 3 aromatic carbocycles. The van der Waals surface area contributed by atoms with E-state index in [9.17, 15) is 4.79 Å². The maximum absolute atomic E-state index is 12.1. The molecule has 0 atom stereocenters. The Labute approximate surface area is 130 Å². The molecule has 0 aliphatic heterocycles. The van der Waals surface area contributed by atoms with E-state index in [0.717, 1.165) is 33.2 Å². The molecule has 0 bridgehead atoms. The van der Waals surface area contributed by atoms with Gasteiger partial charge in [0.1, 0.15) is 5.75 Å². The van der Waals surface area contributed by atoms with Gasteiger partial charge < -0.3 is 4.74 Å². The molecule has 0 aliphatic carbocycles. The molecule has 0 radical (unpaired) electrons. The van der Waals surface area contributed by atoms with Gasteiger partial charge in [-0.15, -0.1) is 0 Å². The fourth-order valence-electron chi connectivity index (χ4n) is 2.69. The van der Waals surface area contributed by atoms with Gasteiger partial charge in [0.2, 0.25) is 0 Å². The lowest BCUT2D eigenvalue weighted by Crippen LogP contribution is -1.99. The molecule has 2 nitrogen and oxygen atoms in total. The third-order valence-electron chi connectivity index (χ3n) is 3.91. The number of ether oxygens (including phenoxy) is 1. The molecule has 0 saturated heterocycles. The van der Waals surface area contributed by atoms with Gasteiger partial charge in [-0.1, -0.05) is 49.4 Å². The first-order chi connectivity index (χ1) is 10.7. The van der Waals surface area contributed by atoms with Gasteiger partial charge in [0.25, 0.3) is 0 Å². The van der Waals surface area contributed by atoms with Crippen LogP contribution in [0.2, 0.25) is 0 Å². The van der Waals surface area contributed by atoms with Gasteiger partial charge >= 0.3 is 0 Å². The Bertz CT molecular complexity index is 834. The van der Waals surface area contributed by atoms with E-state index in [1.807, 2.05) is 49.4 Å². The van der Waals surface area contributed by atoms with Crippen LogP contribution in [0.1, 0.15) is 23.7 Å². The fraction of sp³-hybridized carbons (Fsp3) is 0.150. The number of fused-ring (bicyclic) bond motifs is 1. The summed E-state index contributed by atoms with van der Waals surface area (Å²) in [4.78, 5) is 12.1. The van der Waals surface area contributed by atoms with Crippen LogP contribution in [0.3, 0.4) is 0 Å². The second-order valence-corrected chi connectivity index (χ2v) is 5.25. The van der Waals surface area contributed by atoms with Crippen molar-refractivity contribution in [3.63, 3.8) is 0 Å². The normalized spacial score (nSPS) is 10.6. The second-order valence-electron chi connectivity index (χ2n) is 5.25. The third-order valence-corrected chi connectivity index (χ3v) is 3.91. The largest absolute Gasteiger partial charge is 0.497 e. The van der Waals surface area contributed by atoms with Crippen LogP contribution in [0, 0.1) is 0 Å². The van der Waals surface area contributed by atoms with Crippen molar-refractivity contribution < 1.29 is 9.53 Å². The monoisotopic (exact) mass is 290 g/mol. The van der Waals surface area contributed by atoms with Gasteiger partial charge in [-0.05, 0) is 40.1 Å². The first-order valence-corrected chi connectivity index (χ1v) is 7.43. The average molecular weight is 290 g/mol. The molecule has 2 heteroatoms. The average Bonchev–Trinajstić information content (AvgIpc) is 2.60. The fourth-order valence-corrected chi connectivity index (χ4v) is 2.69. The van der Waals surface area contributed by atoms with Crippen molar-refractivity contribution in [1.82, 2.24) is 0 Å². The standard InChI is InChI=1S/C20H18O2/c1-3-20(21)19-7-5-4-6-18(19)16-9-8-15-13-17(22-2)11-10-14(15)12-16/h4-13H,3H2,1-2H3. The number of carbonyl (C=O) groups excluding carboxylic acids is 1. The third kappa shape index (κ3) is 2.60. The van der Waals surface area contributed by atoms with Crippen molar-refractivity contribution >= 4 is 16.6 Å². The highest BCUT2D eigenvalue weighted by Crippen LogP contribution is 2.29. The zero-order chi connectivity index (χ0) is 15.5. The van der Waals surface area contributed by atoms with Gasteiger partial charge in [0, 0.05) is 12.0 Å². The minimum absolute atomic E-state index is 0.172. The SMILES string of the molecule is CCC(=O)c1ccccc1-c1ccc2cc(OC)ccc2c1. The number of methoxy groups -OCH3 is 1. The summed E-state index contributed by atoms with van der Waals surface area (Å²) in [6, 6.07) is 20.1. The van der Waals surface area contributed by atoms with Crippen LogP contribution in [0.15, 0.2) is 60.7 Å². The maximum Gasteiger partial charge on any atom is 0.163 e. The lowest BCUT2D eigenvalue weighted by atomic mass is 9.94. The predicted octanol–water partition coefficient (Wildman–Crippen LogP) is 5.11. The van der Waals surface area contributed by atoms with Crippen molar-refractivity contribution in [2.45, 2.75) is 13.3 Å². The van der Waals surface area contributed by atoms with Crippen molar-refractivity contribution in [2.24, 2.45) is 0 Å². The zero-order valence-electron chi connectivity index (χ0n) is 12.8. The Balaban J connectivity index is 2.13. The summed E-state index contributed by atoms with van der Waals surface area (Å²) in [6.45, 7) is 1.89. The van der Waals surface area contributed by atoms with Gasteiger partial charge in [0.05, 0.1) is 7.11 Å². The Morgan fingerprint density at radius 2 is 1.68 bits per heavy atom. The minimum Gasteiger partial charge on any atom is -0.497 e. The van der Waals surface area contributed by atoms with Crippen molar-refractivity contribution in [1.29, 1.82) is 0 Å². The Morgan fingerprint density at radius 1 is 0.955 bits per heavy atom. The number of hydrogen-bond acceptors (Lipinski definition) is 2. The molecular formula is C20H18O2. The number of benzene rings is 3. The Kier molecular flexibility index (Phi) is 3.92. The quantitative estimate of drug-likeness (QED) is 0.624. The summed E-state index contributed by atoms with van der Waals surface area (Å²) in [5.41, 5.74) is 2.85. The molecule has 0 N–H and O–H groups in total. The summed E-state index contributed by atoms with van der Waals surface area (Å²) in [6.07, 6.45) is 0.516. The second kappa shape index (κ2) is 6.02. The molecule has 0 fully saturated rings. The van der Waals surface area contributed by atoms with E-state index >= 15 is 0 Å². The van der Waals surface area contributed by atoms with E-state index < -0.39 is 0 Å². The van der Waals surface area contributed by atoms with Crippen LogP contribution in [0.25, 0.3) is 21.9 Å². The van der Waals surface area contributed by atoms with Gasteiger partial charge in [-0.3, -0.25) is 4.79 Å². The minimum atomic E-state index is 0.172. The van der Waals surface area contributed by atoms with Crippen LogP contribution in [-0.2, 0) is 0 Å². The number of rotatable bonds is 4. The number of ketones is 1. The van der Waals surface area contributed by atoms with Gasteiger partial charge in [0.15, 0.2) is 5.78 Å². The summed E-state index contributed by atoms with van der Waals surface area (Å²) in [7, 11) is 1.67.